The predicted molar refractivity (Wildman–Crippen MR) is 90.8 cm³/mol. The zero-order chi connectivity index (χ0) is 19.7. The summed E-state index contributed by atoms with van der Waals surface area (Å²) < 4.78 is 9.88. The zero-order valence-corrected chi connectivity index (χ0v) is 14.5. The Morgan fingerprint density at radius 2 is 1.46 bits per heavy atom. The Labute approximate surface area is 150 Å². The molecule has 0 spiro atoms. The summed E-state index contributed by atoms with van der Waals surface area (Å²) in [5.41, 5.74) is -1.07. The van der Waals surface area contributed by atoms with Crippen LogP contribution in [0.2, 0.25) is 0 Å². The topological polar surface area (TPSA) is 127 Å². The van der Waals surface area contributed by atoms with Gasteiger partial charge in [-0.1, -0.05) is 19.9 Å². The molecule has 0 amide bonds. The minimum atomic E-state index is -1.40. The average molecular weight is 364 g/mol. The highest BCUT2D eigenvalue weighted by Gasteiger charge is 2.23. The lowest BCUT2D eigenvalue weighted by Gasteiger charge is -2.09. The molecule has 0 aliphatic carbocycles. The van der Waals surface area contributed by atoms with Gasteiger partial charge < -0.3 is 19.7 Å². The summed E-state index contributed by atoms with van der Waals surface area (Å²) >= 11 is 0. The Hall–Kier alpha value is -3.16. The van der Waals surface area contributed by atoms with Crippen LogP contribution in [0.3, 0.4) is 0 Å². The van der Waals surface area contributed by atoms with Gasteiger partial charge in [0.1, 0.15) is 5.57 Å². The Morgan fingerprint density at radius 3 is 1.88 bits per heavy atom. The smallest absolute Gasteiger partial charge is 0.345 e. The molecule has 8 nitrogen and oxygen atoms in total. The van der Waals surface area contributed by atoms with E-state index < -0.39 is 29.5 Å². The van der Waals surface area contributed by atoms with Crippen LogP contribution in [0.15, 0.2) is 23.8 Å². The Bertz CT molecular complexity index is 711. The molecule has 0 saturated carbocycles. The van der Waals surface area contributed by atoms with Gasteiger partial charge in [-0.15, -0.1) is 0 Å². The Morgan fingerprint density at radius 1 is 0.923 bits per heavy atom. The van der Waals surface area contributed by atoms with E-state index in [2.05, 4.69) is 0 Å². The van der Waals surface area contributed by atoms with Gasteiger partial charge in [0.05, 0.1) is 24.3 Å². The van der Waals surface area contributed by atoms with Crippen LogP contribution in [-0.4, -0.2) is 47.3 Å². The molecule has 0 heterocycles. The fraction of sp³-hybridized carbons (Fsp3) is 0.333. The summed E-state index contributed by atoms with van der Waals surface area (Å²) in [7, 11) is 0. The van der Waals surface area contributed by atoms with Gasteiger partial charge in [0.15, 0.2) is 0 Å². The fourth-order valence-electron chi connectivity index (χ4n) is 1.90. The maximum atomic E-state index is 12.1. The third-order valence-corrected chi connectivity index (χ3v) is 3.14. The summed E-state index contributed by atoms with van der Waals surface area (Å²) in [4.78, 5) is 46.7. The largest absolute Gasteiger partial charge is 0.478 e. The standard InChI is InChI=1S/C18H20O8/c1-3-7-25-17(23)14(18(24)26-8-4-2)9-11-5-6-12(15(19)20)10-13(11)16(21)22/h5-6,9-10H,3-4,7-8H2,1-2H3,(H,19,20)(H,21,22). The quantitative estimate of drug-likeness (QED) is 0.296. The second-order valence-electron chi connectivity index (χ2n) is 5.24. The van der Waals surface area contributed by atoms with Crippen molar-refractivity contribution in [2.45, 2.75) is 26.7 Å². The van der Waals surface area contributed by atoms with E-state index in [-0.39, 0.29) is 29.9 Å². The molecule has 8 heteroatoms. The monoisotopic (exact) mass is 364 g/mol. The van der Waals surface area contributed by atoms with E-state index in [0.717, 1.165) is 12.1 Å². The number of carboxylic acids is 2. The van der Waals surface area contributed by atoms with Crippen LogP contribution in [0.25, 0.3) is 6.08 Å². The first-order chi connectivity index (χ1) is 12.3. The second kappa shape index (κ2) is 9.97. The molecular weight excluding hydrogens is 344 g/mol. The molecule has 0 atom stereocenters. The molecule has 0 bridgehead atoms. The van der Waals surface area contributed by atoms with Crippen LogP contribution < -0.4 is 0 Å². The predicted octanol–water partition coefficient (Wildman–Crippen LogP) is 2.37. The number of ether oxygens (including phenoxy) is 2. The number of esters is 2. The van der Waals surface area contributed by atoms with E-state index in [0.29, 0.717) is 12.8 Å². The molecule has 0 saturated heterocycles. The van der Waals surface area contributed by atoms with Gasteiger partial charge in [-0.05, 0) is 36.6 Å². The van der Waals surface area contributed by atoms with Crippen molar-refractivity contribution in [3.63, 3.8) is 0 Å². The highest BCUT2D eigenvalue weighted by molar-refractivity contribution is 6.18. The lowest BCUT2D eigenvalue weighted by atomic mass is 10.0. The first-order valence-electron chi connectivity index (χ1n) is 7.98. The van der Waals surface area contributed by atoms with Gasteiger partial charge in [0, 0.05) is 0 Å². The number of carboxylic acid groups (broad SMARTS) is 2. The van der Waals surface area contributed by atoms with E-state index in [1.54, 1.807) is 13.8 Å². The minimum absolute atomic E-state index is 0.0144. The lowest BCUT2D eigenvalue weighted by Crippen LogP contribution is -2.19. The maximum Gasteiger partial charge on any atom is 0.345 e. The highest BCUT2D eigenvalue weighted by Crippen LogP contribution is 2.18. The summed E-state index contributed by atoms with van der Waals surface area (Å²) in [5.74, 6) is -4.58. The minimum Gasteiger partial charge on any atom is -0.478 e. The maximum absolute atomic E-state index is 12.1. The van der Waals surface area contributed by atoms with E-state index in [1.165, 1.54) is 12.1 Å². The van der Waals surface area contributed by atoms with Crippen LogP contribution >= 0.6 is 0 Å². The average Bonchev–Trinajstić information content (AvgIpc) is 2.61. The van der Waals surface area contributed by atoms with Crippen LogP contribution in [-0.2, 0) is 19.1 Å². The van der Waals surface area contributed by atoms with Crippen molar-refractivity contribution < 1.29 is 38.9 Å². The second-order valence-corrected chi connectivity index (χ2v) is 5.24. The number of aromatic carboxylic acids is 2. The molecule has 140 valence electrons. The first-order valence-corrected chi connectivity index (χ1v) is 7.98. The number of rotatable bonds is 9. The van der Waals surface area contributed by atoms with Gasteiger partial charge in [-0.3, -0.25) is 0 Å². The van der Waals surface area contributed by atoms with Crippen molar-refractivity contribution in [3.8, 4) is 0 Å². The first kappa shape index (κ1) is 20.9. The van der Waals surface area contributed by atoms with E-state index in [4.69, 9.17) is 14.6 Å². The number of carbonyl (C=O) groups is 4. The number of hydrogen-bond donors (Lipinski definition) is 2. The summed E-state index contributed by atoms with van der Waals surface area (Å²) in [6, 6.07) is 3.32. The van der Waals surface area contributed by atoms with Gasteiger partial charge in [-0.25, -0.2) is 19.2 Å². The van der Waals surface area contributed by atoms with Crippen molar-refractivity contribution in [2.24, 2.45) is 0 Å². The molecular formula is C18H20O8. The molecule has 0 unspecified atom stereocenters. The highest BCUT2D eigenvalue weighted by atomic mass is 16.6. The molecule has 0 radical (unpaired) electrons. The molecule has 0 aliphatic rings. The summed E-state index contributed by atoms with van der Waals surface area (Å²) in [6.07, 6.45) is 2.11. The normalized spacial score (nSPS) is 9.92. The summed E-state index contributed by atoms with van der Waals surface area (Å²) in [5, 5.41) is 18.3. The van der Waals surface area contributed by atoms with Crippen molar-refractivity contribution in [1.82, 2.24) is 0 Å². The SMILES string of the molecule is CCCOC(=O)C(=Cc1ccc(C(=O)O)cc1C(=O)O)C(=O)OCCC. The van der Waals surface area contributed by atoms with Crippen molar-refractivity contribution in [1.29, 1.82) is 0 Å². The van der Waals surface area contributed by atoms with Gasteiger partial charge >= 0.3 is 23.9 Å². The lowest BCUT2D eigenvalue weighted by molar-refractivity contribution is -0.147. The zero-order valence-electron chi connectivity index (χ0n) is 14.5. The molecule has 1 rings (SSSR count). The van der Waals surface area contributed by atoms with Crippen LogP contribution in [0, 0.1) is 0 Å². The van der Waals surface area contributed by atoms with Gasteiger partial charge in [0.25, 0.3) is 0 Å². The molecule has 1 aromatic rings. The third kappa shape index (κ3) is 5.73. The van der Waals surface area contributed by atoms with Crippen molar-refractivity contribution >= 4 is 30.0 Å². The van der Waals surface area contributed by atoms with Crippen molar-refractivity contribution in [3.05, 3.63) is 40.5 Å². The van der Waals surface area contributed by atoms with Crippen LogP contribution in [0.5, 0.6) is 0 Å². The Balaban J connectivity index is 3.37. The Kier molecular flexibility index (Phi) is 8.01. The molecule has 0 aromatic heterocycles. The van der Waals surface area contributed by atoms with E-state index >= 15 is 0 Å². The number of hydrogen-bond acceptors (Lipinski definition) is 6. The van der Waals surface area contributed by atoms with Gasteiger partial charge in [0.2, 0.25) is 0 Å². The molecule has 0 fully saturated rings. The van der Waals surface area contributed by atoms with Crippen molar-refractivity contribution in [2.75, 3.05) is 13.2 Å². The van der Waals surface area contributed by atoms with Gasteiger partial charge in [-0.2, -0.15) is 0 Å². The number of benzene rings is 1. The number of carbonyl (C=O) groups excluding carboxylic acids is 2. The third-order valence-electron chi connectivity index (χ3n) is 3.14. The molecule has 2 N–H and O–H groups in total. The molecule has 26 heavy (non-hydrogen) atoms. The van der Waals surface area contributed by atoms with Crippen LogP contribution in [0.4, 0.5) is 0 Å². The van der Waals surface area contributed by atoms with Crippen LogP contribution in [0.1, 0.15) is 53.0 Å². The fourth-order valence-corrected chi connectivity index (χ4v) is 1.90. The summed E-state index contributed by atoms with van der Waals surface area (Å²) in [6.45, 7) is 3.72. The molecule has 0 aliphatic heterocycles. The molecule has 1 aromatic carbocycles. The van der Waals surface area contributed by atoms with E-state index in [9.17, 15) is 24.3 Å². The van der Waals surface area contributed by atoms with E-state index in [1.807, 2.05) is 0 Å².